The molecule has 0 heterocycles. The Labute approximate surface area is 196 Å². The van der Waals surface area contributed by atoms with E-state index in [1.807, 2.05) is 23.5 Å². The van der Waals surface area contributed by atoms with Crippen molar-refractivity contribution in [1.29, 1.82) is 0 Å². The summed E-state index contributed by atoms with van der Waals surface area (Å²) in [5.74, 6) is 2.36. The van der Waals surface area contributed by atoms with Gasteiger partial charge in [-0.2, -0.15) is 0 Å². The zero-order valence-corrected chi connectivity index (χ0v) is 22.1. The fourth-order valence-electron chi connectivity index (χ4n) is 2.62. The monoisotopic (exact) mass is 458 g/mol. The average molecular weight is 459 g/mol. The molecule has 0 fully saturated rings. The summed E-state index contributed by atoms with van der Waals surface area (Å²) in [6, 6.07) is 0. The molecule has 0 aromatic heterocycles. The number of rotatable bonds is 19. The lowest BCUT2D eigenvalue weighted by molar-refractivity contribution is 0.711. The predicted molar refractivity (Wildman–Crippen MR) is 144 cm³/mol. The molecule has 6 heteroatoms. The summed E-state index contributed by atoms with van der Waals surface area (Å²) in [6.45, 7) is 13.0. The molecule has 4 nitrogen and oxygen atoms in total. The van der Waals surface area contributed by atoms with Gasteiger partial charge in [-0.05, 0) is 38.5 Å². The number of hydrogen-bond acceptors (Lipinski definition) is 4. The SMILES string of the molecule is CCCCN=C(NCCCC)SCCCCCCSC(=NCCCC)NCCCC. The van der Waals surface area contributed by atoms with E-state index in [0.717, 1.165) is 26.2 Å². The zero-order chi connectivity index (χ0) is 22.1. The molecule has 0 spiro atoms. The third kappa shape index (κ3) is 20.9. The summed E-state index contributed by atoms with van der Waals surface area (Å²) in [5.41, 5.74) is 0. The van der Waals surface area contributed by atoms with Gasteiger partial charge in [-0.15, -0.1) is 0 Å². The van der Waals surface area contributed by atoms with Crippen molar-refractivity contribution in [2.75, 3.05) is 37.7 Å². The highest BCUT2D eigenvalue weighted by atomic mass is 32.2. The van der Waals surface area contributed by atoms with Gasteiger partial charge in [-0.1, -0.05) is 89.7 Å². The number of thioether (sulfide) groups is 2. The molecule has 0 amide bonds. The van der Waals surface area contributed by atoms with E-state index in [9.17, 15) is 0 Å². The average Bonchev–Trinajstić information content (AvgIpc) is 2.75. The maximum Gasteiger partial charge on any atom is 0.156 e. The molecule has 178 valence electrons. The first-order chi connectivity index (χ1) is 14.8. The lowest BCUT2D eigenvalue weighted by atomic mass is 10.2. The fourth-order valence-corrected chi connectivity index (χ4v) is 4.48. The van der Waals surface area contributed by atoms with E-state index in [4.69, 9.17) is 9.98 Å². The van der Waals surface area contributed by atoms with Crippen LogP contribution in [-0.4, -0.2) is 48.0 Å². The Morgan fingerprint density at radius 2 is 0.933 bits per heavy atom. The van der Waals surface area contributed by atoms with Gasteiger partial charge in [0.05, 0.1) is 0 Å². The maximum atomic E-state index is 4.76. The lowest BCUT2D eigenvalue weighted by Gasteiger charge is -2.10. The van der Waals surface area contributed by atoms with E-state index < -0.39 is 0 Å². The predicted octanol–water partition coefficient (Wildman–Crippen LogP) is 7.10. The Morgan fingerprint density at radius 3 is 1.30 bits per heavy atom. The lowest BCUT2D eigenvalue weighted by Crippen LogP contribution is -2.22. The number of amidine groups is 2. The summed E-state index contributed by atoms with van der Waals surface area (Å²) in [7, 11) is 0. The molecule has 0 aromatic rings. The van der Waals surface area contributed by atoms with Crippen molar-refractivity contribution in [2.24, 2.45) is 9.98 Å². The van der Waals surface area contributed by atoms with E-state index in [-0.39, 0.29) is 0 Å². The van der Waals surface area contributed by atoms with Gasteiger partial charge in [0.1, 0.15) is 0 Å². The van der Waals surface area contributed by atoms with Gasteiger partial charge in [0, 0.05) is 37.7 Å². The second-order valence-electron chi connectivity index (χ2n) is 7.75. The van der Waals surface area contributed by atoms with Gasteiger partial charge < -0.3 is 10.6 Å². The smallest absolute Gasteiger partial charge is 0.156 e. The first-order valence-corrected chi connectivity index (χ1v) is 14.6. The Kier molecular flexibility index (Phi) is 24.6. The molecular weight excluding hydrogens is 408 g/mol. The normalized spacial score (nSPS) is 12.4. The van der Waals surface area contributed by atoms with Gasteiger partial charge in [0.15, 0.2) is 10.3 Å². The Hall–Kier alpha value is -0.360. The van der Waals surface area contributed by atoms with E-state index >= 15 is 0 Å². The molecule has 0 radical (unpaired) electrons. The molecule has 0 bridgehead atoms. The minimum atomic E-state index is 0.962. The van der Waals surface area contributed by atoms with Crippen LogP contribution < -0.4 is 10.6 Å². The topological polar surface area (TPSA) is 48.8 Å². The van der Waals surface area contributed by atoms with Crippen molar-refractivity contribution in [2.45, 2.75) is 105 Å². The molecule has 0 saturated heterocycles. The minimum Gasteiger partial charge on any atom is -0.365 e. The Bertz CT molecular complexity index is 376. The molecule has 0 aliphatic carbocycles. The third-order valence-electron chi connectivity index (χ3n) is 4.66. The molecule has 0 aliphatic rings. The summed E-state index contributed by atoms with van der Waals surface area (Å²) >= 11 is 3.84. The molecule has 0 unspecified atom stereocenters. The maximum absolute atomic E-state index is 4.76. The van der Waals surface area contributed by atoms with E-state index in [0.29, 0.717) is 0 Å². The molecule has 0 aromatic carbocycles. The van der Waals surface area contributed by atoms with Crippen LogP contribution >= 0.6 is 23.5 Å². The van der Waals surface area contributed by atoms with Crippen LogP contribution in [0.3, 0.4) is 0 Å². The Balaban J connectivity index is 3.93. The van der Waals surface area contributed by atoms with Crippen LogP contribution in [0.1, 0.15) is 105 Å². The largest absolute Gasteiger partial charge is 0.365 e. The molecule has 0 aliphatic heterocycles. The van der Waals surface area contributed by atoms with Gasteiger partial charge in [-0.3, -0.25) is 9.98 Å². The van der Waals surface area contributed by atoms with Crippen molar-refractivity contribution in [1.82, 2.24) is 10.6 Å². The van der Waals surface area contributed by atoms with Gasteiger partial charge >= 0.3 is 0 Å². The summed E-state index contributed by atoms with van der Waals surface area (Å²) in [6.07, 6.45) is 14.9. The van der Waals surface area contributed by atoms with Crippen LogP contribution in [0.4, 0.5) is 0 Å². The van der Waals surface area contributed by atoms with Crippen molar-refractivity contribution >= 4 is 33.9 Å². The molecule has 0 atom stereocenters. The summed E-state index contributed by atoms with van der Waals surface area (Å²) in [4.78, 5) is 9.52. The molecule has 0 saturated carbocycles. The van der Waals surface area contributed by atoms with Crippen LogP contribution in [0, 0.1) is 0 Å². The van der Waals surface area contributed by atoms with Crippen molar-refractivity contribution in [3.63, 3.8) is 0 Å². The highest BCUT2D eigenvalue weighted by molar-refractivity contribution is 8.14. The second-order valence-corrected chi connectivity index (χ2v) is 9.92. The number of nitrogens with zero attached hydrogens (tertiary/aromatic N) is 2. The van der Waals surface area contributed by atoms with Crippen molar-refractivity contribution < 1.29 is 0 Å². The van der Waals surface area contributed by atoms with Crippen LogP contribution in [-0.2, 0) is 0 Å². The molecule has 2 N–H and O–H groups in total. The van der Waals surface area contributed by atoms with Crippen LogP contribution in [0.5, 0.6) is 0 Å². The third-order valence-corrected chi connectivity index (χ3v) is 6.74. The van der Waals surface area contributed by atoms with Gasteiger partial charge in [0.25, 0.3) is 0 Å². The summed E-state index contributed by atoms with van der Waals surface area (Å²) in [5, 5.41) is 9.40. The summed E-state index contributed by atoms with van der Waals surface area (Å²) < 4.78 is 0. The highest BCUT2D eigenvalue weighted by Gasteiger charge is 2.02. The van der Waals surface area contributed by atoms with E-state index in [1.54, 1.807) is 0 Å². The fraction of sp³-hybridized carbons (Fsp3) is 0.917. The van der Waals surface area contributed by atoms with Crippen molar-refractivity contribution in [3.8, 4) is 0 Å². The standard InChI is InChI=1S/C24H50N4S2/c1-5-9-17-25-23(26-18-10-6-2)29-21-15-13-14-16-22-30-24(27-19-11-7-3)28-20-12-8-4/h5-22H2,1-4H3,(H,25,26)(H,27,28). The zero-order valence-electron chi connectivity index (χ0n) is 20.4. The first kappa shape index (κ1) is 29.6. The molecular formula is C24H50N4S2. The molecule has 0 rings (SSSR count). The van der Waals surface area contributed by atoms with Crippen LogP contribution in [0.25, 0.3) is 0 Å². The van der Waals surface area contributed by atoms with Gasteiger partial charge in [-0.25, -0.2) is 0 Å². The highest BCUT2D eigenvalue weighted by Crippen LogP contribution is 2.12. The van der Waals surface area contributed by atoms with Crippen LogP contribution in [0.2, 0.25) is 0 Å². The second kappa shape index (κ2) is 24.9. The number of unbranched alkanes of at least 4 members (excludes halogenated alkanes) is 7. The van der Waals surface area contributed by atoms with Crippen molar-refractivity contribution in [3.05, 3.63) is 0 Å². The minimum absolute atomic E-state index is 0.962. The number of nitrogens with one attached hydrogen (secondary N) is 2. The molecule has 30 heavy (non-hydrogen) atoms. The van der Waals surface area contributed by atoms with Crippen LogP contribution in [0.15, 0.2) is 9.98 Å². The Morgan fingerprint density at radius 1 is 0.533 bits per heavy atom. The first-order valence-electron chi connectivity index (χ1n) is 12.6. The quantitative estimate of drug-likeness (QED) is 0.123. The number of aliphatic imine (C=N–C) groups is 2. The van der Waals surface area contributed by atoms with E-state index in [1.165, 1.54) is 98.9 Å². The van der Waals surface area contributed by atoms with Gasteiger partial charge in [0.2, 0.25) is 0 Å². The van der Waals surface area contributed by atoms with E-state index in [2.05, 4.69) is 38.3 Å². The number of hydrogen-bond donors (Lipinski definition) is 2.